The van der Waals surface area contributed by atoms with Crippen molar-refractivity contribution >= 4 is 11.6 Å². The van der Waals surface area contributed by atoms with Crippen LogP contribution in [0.5, 0.6) is 0 Å². The molecule has 0 fully saturated rings. The van der Waals surface area contributed by atoms with Crippen molar-refractivity contribution in [1.29, 1.82) is 0 Å². The van der Waals surface area contributed by atoms with Crippen LogP contribution >= 0.6 is 11.6 Å². The molecular weight excluding hydrogens is 477 g/mol. The number of aromatic nitrogens is 8. The lowest BCUT2D eigenvalue weighted by atomic mass is 10.2. The Morgan fingerprint density at radius 1 is 1.15 bits per heavy atom. The number of aliphatic hydroxyl groups excluding tert-OH is 1. The molecule has 0 saturated heterocycles. The Bertz CT molecular complexity index is 1330. The van der Waals surface area contributed by atoms with Crippen LogP contribution in [0.1, 0.15) is 18.6 Å². The maximum atomic E-state index is 13.0. The normalized spacial score (nSPS) is 12.8. The molecule has 1 N–H and O–H groups in total. The van der Waals surface area contributed by atoms with Gasteiger partial charge in [-0.2, -0.15) is 17.9 Å². The molecule has 0 saturated carbocycles. The molecule has 10 nitrogen and oxygen atoms in total. The van der Waals surface area contributed by atoms with Crippen LogP contribution in [0.2, 0.25) is 5.02 Å². The number of nitrogens with zero attached hydrogens (tertiary/aromatic N) is 8. The molecule has 3 heterocycles. The first-order chi connectivity index (χ1) is 16.2. The van der Waals surface area contributed by atoms with Gasteiger partial charge < -0.3 is 5.11 Å². The molecule has 3 aromatic heterocycles. The fourth-order valence-corrected chi connectivity index (χ4v) is 3.33. The van der Waals surface area contributed by atoms with Crippen LogP contribution in [0.3, 0.4) is 0 Å². The Hall–Kier alpha value is -3.58. The van der Waals surface area contributed by atoms with Crippen LogP contribution in [0.15, 0.2) is 47.7 Å². The fraction of sp³-hybridized carbons (Fsp3) is 0.300. The molecule has 0 spiro atoms. The summed E-state index contributed by atoms with van der Waals surface area (Å²) in [5, 5.41) is 18.6. The first kappa shape index (κ1) is 23.6. The van der Waals surface area contributed by atoms with E-state index in [1.165, 1.54) is 47.5 Å². The Morgan fingerprint density at radius 3 is 2.50 bits per heavy atom. The Morgan fingerprint density at radius 2 is 1.88 bits per heavy atom. The molecule has 0 amide bonds. The third kappa shape index (κ3) is 4.84. The molecule has 0 radical (unpaired) electrons. The van der Waals surface area contributed by atoms with Gasteiger partial charge in [-0.25, -0.2) is 19.4 Å². The highest BCUT2D eigenvalue weighted by atomic mass is 35.5. The van der Waals surface area contributed by atoms with Crippen LogP contribution in [-0.2, 0) is 19.5 Å². The second-order valence-electron chi connectivity index (χ2n) is 7.21. The molecule has 1 aromatic carbocycles. The molecule has 178 valence electrons. The zero-order valence-electron chi connectivity index (χ0n) is 17.7. The van der Waals surface area contributed by atoms with E-state index in [0.717, 1.165) is 9.25 Å². The number of alkyl halides is 3. The second-order valence-corrected chi connectivity index (χ2v) is 7.65. The molecule has 0 aliphatic carbocycles. The average molecular weight is 495 g/mol. The number of hydrogen-bond acceptors (Lipinski definition) is 7. The van der Waals surface area contributed by atoms with Crippen molar-refractivity contribution in [1.82, 2.24) is 39.1 Å². The van der Waals surface area contributed by atoms with Crippen molar-refractivity contribution in [2.75, 3.05) is 0 Å². The number of benzene rings is 1. The number of hydrogen-bond donors (Lipinski definition) is 1. The van der Waals surface area contributed by atoms with E-state index in [0.29, 0.717) is 28.6 Å². The van der Waals surface area contributed by atoms with Crippen LogP contribution in [0, 0.1) is 0 Å². The van der Waals surface area contributed by atoms with Gasteiger partial charge >= 0.3 is 11.9 Å². The monoisotopic (exact) mass is 494 g/mol. The summed E-state index contributed by atoms with van der Waals surface area (Å²) in [6.07, 6.45) is -2.67. The van der Waals surface area contributed by atoms with Gasteiger partial charge in [-0.05, 0) is 24.3 Å². The van der Waals surface area contributed by atoms with Crippen molar-refractivity contribution in [3.8, 4) is 17.2 Å². The highest BCUT2D eigenvalue weighted by Gasteiger charge is 2.39. The minimum Gasteiger partial charge on any atom is -0.382 e. The van der Waals surface area contributed by atoms with Gasteiger partial charge in [-0.1, -0.05) is 18.5 Å². The molecule has 0 bridgehead atoms. The summed E-state index contributed by atoms with van der Waals surface area (Å²) in [5.41, 5.74) is -0.510. The molecular formula is C20H18ClF3N8O2. The minimum atomic E-state index is -4.91. The van der Waals surface area contributed by atoms with Crippen molar-refractivity contribution < 1.29 is 18.3 Å². The number of halogens is 4. The summed E-state index contributed by atoms with van der Waals surface area (Å²) in [6, 6.07) is 6.06. The van der Waals surface area contributed by atoms with Crippen LogP contribution in [0.25, 0.3) is 17.2 Å². The molecule has 34 heavy (non-hydrogen) atoms. The topological polar surface area (TPSA) is 117 Å². The quantitative estimate of drug-likeness (QED) is 0.419. The van der Waals surface area contributed by atoms with E-state index >= 15 is 0 Å². The molecule has 1 unspecified atom stereocenters. The zero-order valence-corrected chi connectivity index (χ0v) is 18.4. The summed E-state index contributed by atoms with van der Waals surface area (Å²) in [5.74, 6) is 1.11. The molecule has 0 aliphatic heterocycles. The van der Waals surface area contributed by atoms with E-state index in [9.17, 15) is 23.1 Å². The van der Waals surface area contributed by atoms with E-state index in [1.54, 1.807) is 0 Å². The van der Waals surface area contributed by atoms with Gasteiger partial charge in [0, 0.05) is 29.4 Å². The van der Waals surface area contributed by atoms with Gasteiger partial charge in [0.2, 0.25) is 0 Å². The van der Waals surface area contributed by atoms with E-state index < -0.39 is 24.5 Å². The number of aryl methyl sites for hydroxylation is 1. The molecule has 0 aliphatic rings. The second kappa shape index (κ2) is 9.35. The standard InChI is InChI=1S/C20H18ClF3N8O2/c1-2-16-27-15(28-32(16)17-9-25-7-8-26-17)11-31-19(34)30(10-14(33)20(22,23)24)18(29-31)12-3-5-13(21)6-4-12/h3-9,14,33H,2,10-11H2,1H3. The van der Waals surface area contributed by atoms with E-state index in [2.05, 4.69) is 25.1 Å². The predicted molar refractivity (Wildman–Crippen MR) is 114 cm³/mol. The lowest BCUT2D eigenvalue weighted by molar-refractivity contribution is -0.207. The Balaban J connectivity index is 1.74. The maximum Gasteiger partial charge on any atom is 0.416 e. The molecule has 1 atom stereocenters. The van der Waals surface area contributed by atoms with Crippen LogP contribution in [0.4, 0.5) is 13.2 Å². The maximum absolute atomic E-state index is 13.0. The summed E-state index contributed by atoms with van der Waals surface area (Å²) >= 11 is 5.90. The summed E-state index contributed by atoms with van der Waals surface area (Å²) in [6.45, 7) is 0.621. The third-order valence-corrected chi connectivity index (χ3v) is 5.10. The summed E-state index contributed by atoms with van der Waals surface area (Å²) in [4.78, 5) is 25.6. The van der Waals surface area contributed by atoms with Gasteiger partial charge in [0.15, 0.2) is 23.6 Å². The van der Waals surface area contributed by atoms with Crippen molar-refractivity contribution in [3.05, 3.63) is 70.0 Å². The van der Waals surface area contributed by atoms with E-state index in [-0.39, 0.29) is 18.2 Å². The van der Waals surface area contributed by atoms with Gasteiger partial charge in [0.25, 0.3) is 0 Å². The first-order valence-electron chi connectivity index (χ1n) is 10.1. The predicted octanol–water partition coefficient (Wildman–Crippen LogP) is 2.27. The fourth-order valence-electron chi connectivity index (χ4n) is 3.20. The number of aliphatic hydroxyl groups is 1. The largest absolute Gasteiger partial charge is 0.416 e. The van der Waals surface area contributed by atoms with Crippen molar-refractivity contribution in [2.24, 2.45) is 0 Å². The number of rotatable bonds is 7. The Labute approximate surface area is 195 Å². The van der Waals surface area contributed by atoms with Gasteiger partial charge in [-0.15, -0.1) is 10.2 Å². The minimum absolute atomic E-state index is 0.0611. The lowest BCUT2D eigenvalue weighted by Gasteiger charge is -2.15. The molecule has 14 heteroatoms. The van der Waals surface area contributed by atoms with Crippen LogP contribution in [-0.4, -0.2) is 56.5 Å². The zero-order chi connectivity index (χ0) is 24.5. The Kier molecular flexibility index (Phi) is 6.48. The van der Waals surface area contributed by atoms with Gasteiger partial charge in [0.05, 0.1) is 12.7 Å². The lowest BCUT2D eigenvalue weighted by Crippen LogP contribution is -2.37. The smallest absolute Gasteiger partial charge is 0.382 e. The van der Waals surface area contributed by atoms with Gasteiger partial charge in [-0.3, -0.25) is 9.55 Å². The van der Waals surface area contributed by atoms with Crippen molar-refractivity contribution in [2.45, 2.75) is 38.7 Å². The van der Waals surface area contributed by atoms with Gasteiger partial charge in [0.1, 0.15) is 12.4 Å². The molecule has 4 aromatic rings. The summed E-state index contributed by atoms with van der Waals surface area (Å²) < 4.78 is 42.2. The molecule has 4 rings (SSSR count). The SMILES string of the molecule is CCc1nc(Cn2nc(-c3ccc(Cl)cc3)n(CC(O)C(F)(F)F)c2=O)nn1-c1cnccn1. The summed E-state index contributed by atoms with van der Waals surface area (Å²) in [7, 11) is 0. The highest BCUT2D eigenvalue weighted by Crippen LogP contribution is 2.24. The van der Waals surface area contributed by atoms with E-state index in [4.69, 9.17) is 11.6 Å². The third-order valence-electron chi connectivity index (χ3n) is 4.85. The van der Waals surface area contributed by atoms with E-state index in [1.807, 2.05) is 6.92 Å². The van der Waals surface area contributed by atoms with Crippen molar-refractivity contribution in [3.63, 3.8) is 0 Å². The average Bonchev–Trinajstić information content (AvgIpc) is 3.36. The highest BCUT2D eigenvalue weighted by molar-refractivity contribution is 6.30. The first-order valence-corrected chi connectivity index (χ1v) is 10.4. The van der Waals surface area contributed by atoms with Crippen LogP contribution < -0.4 is 5.69 Å².